The molecule has 246 valence electrons. The predicted molar refractivity (Wildman–Crippen MR) is 166 cm³/mol. The number of aliphatic hydroxyl groups excluding tert-OH is 1. The number of halogens is 2. The van der Waals surface area contributed by atoms with Crippen molar-refractivity contribution >= 4 is 48.5 Å². The summed E-state index contributed by atoms with van der Waals surface area (Å²) in [7, 11) is -1.78. The van der Waals surface area contributed by atoms with Crippen LogP contribution in [0, 0.1) is 5.82 Å². The molecular formula is C29H37ClFN4O9P. The van der Waals surface area contributed by atoms with Crippen LogP contribution >= 0.6 is 19.8 Å². The molecule has 4 rings (SSSR count). The number of rotatable bonds is 15. The van der Waals surface area contributed by atoms with Crippen molar-refractivity contribution in [2.45, 2.75) is 38.8 Å². The SMILES string of the molecule is CCO[PH]1(OC[C@H](O)COC[C@@H](COC(=O)Nc2cc3ccccc3cn2)N(C)C(=O)NCc2cccc(F)c2Cl)OC(C)O1. The van der Waals surface area contributed by atoms with E-state index in [1.807, 2.05) is 24.3 Å². The first-order valence-electron chi connectivity index (χ1n) is 14.2. The van der Waals surface area contributed by atoms with Crippen LogP contribution in [0.1, 0.15) is 19.4 Å². The van der Waals surface area contributed by atoms with Crippen LogP contribution in [0.15, 0.2) is 54.7 Å². The third-order valence-electron chi connectivity index (χ3n) is 6.61. The van der Waals surface area contributed by atoms with E-state index in [2.05, 4.69) is 15.6 Å². The maximum atomic E-state index is 13.8. The Morgan fingerprint density at radius 3 is 2.60 bits per heavy atom. The van der Waals surface area contributed by atoms with Gasteiger partial charge in [0, 0.05) is 11.6 Å². The molecule has 3 amide bonds. The van der Waals surface area contributed by atoms with Crippen LogP contribution < -0.4 is 10.6 Å². The molecule has 1 aliphatic rings. The Morgan fingerprint density at radius 1 is 1.11 bits per heavy atom. The average molecular weight is 671 g/mol. The van der Waals surface area contributed by atoms with Crippen molar-refractivity contribution in [1.29, 1.82) is 0 Å². The Balaban J connectivity index is 1.32. The summed E-state index contributed by atoms with van der Waals surface area (Å²) in [5.41, 5.74) is 0.384. The first-order chi connectivity index (χ1) is 21.6. The number of hydrogen-bond donors (Lipinski definition) is 3. The van der Waals surface area contributed by atoms with Crippen LogP contribution in [0.5, 0.6) is 0 Å². The predicted octanol–water partition coefficient (Wildman–Crippen LogP) is 5.02. The third kappa shape index (κ3) is 9.89. The van der Waals surface area contributed by atoms with Gasteiger partial charge in [-0.3, -0.25) is 0 Å². The fourth-order valence-electron chi connectivity index (χ4n) is 4.24. The number of fused-ring (bicyclic) bond motifs is 1. The molecule has 13 nitrogen and oxygen atoms in total. The molecule has 2 heterocycles. The van der Waals surface area contributed by atoms with Gasteiger partial charge in [0.15, 0.2) is 0 Å². The van der Waals surface area contributed by atoms with Gasteiger partial charge in [-0.2, -0.15) is 0 Å². The number of carbonyl (C=O) groups is 2. The van der Waals surface area contributed by atoms with Crippen molar-refractivity contribution in [2.75, 3.05) is 45.4 Å². The Morgan fingerprint density at radius 2 is 1.87 bits per heavy atom. The Labute approximate surface area is 265 Å². The number of hydrogen-bond acceptors (Lipinski definition) is 10. The van der Waals surface area contributed by atoms with Gasteiger partial charge in [0.2, 0.25) is 0 Å². The van der Waals surface area contributed by atoms with E-state index in [9.17, 15) is 19.1 Å². The fraction of sp³-hybridized carbons (Fsp3) is 0.414. The molecule has 0 bridgehead atoms. The van der Waals surface area contributed by atoms with E-state index in [0.29, 0.717) is 12.2 Å². The Kier molecular flexibility index (Phi) is 12.6. The third-order valence-corrected chi connectivity index (χ3v) is 9.44. The van der Waals surface area contributed by atoms with Gasteiger partial charge in [-0.1, -0.05) is 48.0 Å². The average Bonchev–Trinajstić information content (AvgIpc) is 3.01. The van der Waals surface area contributed by atoms with Crippen molar-refractivity contribution in [3.63, 3.8) is 0 Å². The molecule has 2 aromatic carbocycles. The van der Waals surface area contributed by atoms with Crippen molar-refractivity contribution in [3.8, 4) is 0 Å². The molecule has 45 heavy (non-hydrogen) atoms. The summed E-state index contributed by atoms with van der Waals surface area (Å²) in [4.78, 5) is 31.1. The zero-order valence-electron chi connectivity index (χ0n) is 25.0. The number of benzene rings is 2. The normalized spacial score (nSPS) is 17.5. The van der Waals surface area contributed by atoms with Gasteiger partial charge in [-0.25, -0.2) is 9.37 Å². The molecule has 3 aromatic rings. The van der Waals surface area contributed by atoms with Crippen LogP contribution in [-0.4, -0.2) is 85.6 Å². The van der Waals surface area contributed by atoms with E-state index in [1.54, 1.807) is 32.2 Å². The summed E-state index contributed by atoms with van der Waals surface area (Å²) in [6, 6.07) is 12.2. The standard InChI is InChI=1S/C29H37ClFN4O9P/c1-4-41-45(43-19(2)44-45)42-18-24(36)17-39-15-23(35(3)28(37)33-14-22-10-7-11-25(31)27(22)30)16-40-29(38)34-26-12-20-8-5-6-9-21(20)13-32-26/h5-13,19,23-24,36,45H,4,14-18H2,1-3H3,(H,33,37)(H,32,34,38)/t23-,24+/m0/s1. The number of anilines is 1. The summed E-state index contributed by atoms with van der Waals surface area (Å²) in [5, 5.41) is 17.3. The Hall–Kier alpha value is -3.20. The van der Waals surface area contributed by atoms with Crippen LogP contribution in [0.2, 0.25) is 5.02 Å². The number of likely N-dealkylation sites (N-methyl/N-ethyl adjacent to an activating group) is 1. The molecule has 3 N–H and O–H groups in total. The fourth-order valence-corrected chi connectivity index (χ4v) is 6.37. The second-order valence-electron chi connectivity index (χ2n) is 10.0. The summed E-state index contributed by atoms with van der Waals surface area (Å²) in [6.45, 7) is 3.00. The van der Waals surface area contributed by atoms with Crippen molar-refractivity contribution in [2.24, 2.45) is 0 Å². The van der Waals surface area contributed by atoms with E-state index in [4.69, 9.17) is 39.2 Å². The number of pyridine rings is 1. The second kappa shape index (κ2) is 16.4. The summed E-state index contributed by atoms with van der Waals surface area (Å²) in [6.07, 6.45) is -0.694. The van der Waals surface area contributed by atoms with Crippen molar-refractivity contribution in [3.05, 3.63) is 71.1 Å². The van der Waals surface area contributed by atoms with Crippen LogP contribution in [0.3, 0.4) is 0 Å². The van der Waals surface area contributed by atoms with Gasteiger partial charge >= 0.3 is 168 Å². The van der Waals surface area contributed by atoms with E-state index in [1.165, 1.54) is 24.1 Å². The number of amides is 3. The minimum atomic E-state index is -3.26. The van der Waals surface area contributed by atoms with E-state index in [0.717, 1.165) is 10.8 Å². The zero-order chi connectivity index (χ0) is 32.4. The number of aliphatic hydroxyl groups is 1. The zero-order valence-corrected chi connectivity index (χ0v) is 26.8. The molecule has 16 heteroatoms. The van der Waals surface area contributed by atoms with Gasteiger partial charge in [0.1, 0.15) is 5.82 Å². The van der Waals surface area contributed by atoms with Gasteiger partial charge in [0.05, 0.1) is 5.02 Å². The molecule has 0 saturated carbocycles. The van der Waals surface area contributed by atoms with Gasteiger partial charge in [-0.05, 0) is 17.5 Å². The van der Waals surface area contributed by atoms with E-state index < -0.39 is 44.5 Å². The number of nitrogens with one attached hydrogen (secondary N) is 2. The van der Waals surface area contributed by atoms with E-state index >= 15 is 0 Å². The first-order valence-corrected chi connectivity index (χ1v) is 16.2. The molecule has 1 aromatic heterocycles. The first kappa shape index (κ1) is 34.7. The number of nitrogens with zero attached hydrogens (tertiary/aromatic N) is 2. The molecule has 1 fully saturated rings. The van der Waals surface area contributed by atoms with Crippen LogP contribution in [0.4, 0.5) is 19.8 Å². The van der Waals surface area contributed by atoms with Gasteiger partial charge in [-0.15, -0.1) is 0 Å². The molecule has 1 saturated heterocycles. The number of aromatic nitrogens is 1. The number of urea groups is 1. The van der Waals surface area contributed by atoms with Crippen LogP contribution in [0.25, 0.3) is 10.8 Å². The van der Waals surface area contributed by atoms with Gasteiger partial charge < -0.3 is 0 Å². The second-order valence-corrected chi connectivity index (χ2v) is 12.4. The number of carbonyl (C=O) groups excluding carboxylic acids is 2. The molecule has 2 atom stereocenters. The van der Waals surface area contributed by atoms with Crippen LogP contribution in [-0.2, 0) is 34.1 Å². The quantitative estimate of drug-likeness (QED) is 0.188. The monoisotopic (exact) mass is 670 g/mol. The number of ether oxygens (including phenoxy) is 2. The molecular weight excluding hydrogens is 634 g/mol. The summed E-state index contributed by atoms with van der Waals surface area (Å²) in [5.74, 6) is -0.319. The van der Waals surface area contributed by atoms with Gasteiger partial charge in [0.25, 0.3) is 0 Å². The maximum absolute atomic E-state index is 13.8. The molecule has 0 spiro atoms. The molecule has 1 aliphatic heterocycles. The topological polar surface area (TPSA) is 150 Å². The molecule has 0 unspecified atom stereocenters. The molecule has 0 aliphatic carbocycles. The van der Waals surface area contributed by atoms with E-state index in [-0.39, 0.29) is 43.8 Å². The summed E-state index contributed by atoms with van der Waals surface area (Å²) < 4.78 is 46.9. The Bertz CT molecular complexity index is 1450. The van der Waals surface area contributed by atoms with Crippen molar-refractivity contribution in [1.82, 2.24) is 15.2 Å². The summed E-state index contributed by atoms with van der Waals surface area (Å²) >= 11 is 6.01. The van der Waals surface area contributed by atoms with Crippen molar-refractivity contribution < 1.29 is 46.7 Å². The molecule has 0 radical (unpaired) electrons. The minimum absolute atomic E-state index is 0.0490.